The molecule has 1 aliphatic heterocycles. The quantitative estimate of drug-likeness (QED) is 0.751. The van der Waals surface area contributed by atoms with Crippen LogP contribution < -0.4 is 10.1 Å². The molecule has 1 amide bonds. The molecule has 0 saturated heterocycles. The number of hydrogen-bond acceptors (Lipinski definition) is 6. The summed E-state index contributed by atoms with van der Waals surface area (Å²) in [5, 5.41) is 16.4. The van der Waals surface area contributed by atoms with E-state index in [0.717, 1.165) is 16.8 Å². The van der Waals surface area contributed by atoms with Gasteiger partial charge < -0.3 is 15.2 Å². The number of ether oxygens (including phenoxy) is 1. The summed E-state index contributed by atoms with van der Waals surface area (Å²) in [4.78, 5) is 20.0. The van der Waals surface area contributed by atoms with Crippen molar-refractivity contribution >= 4 is 11.6 Å². The van der Waals surface area contributed by atoms with Gasteiger partial charge in [-0.3, -0.25) is 14.5 Å². The summed E-state index contributed by atoms with van der Waals surface area (Å²) in [6, 6.07) is 5.24. The van der Waals surface area contributed by atoms with Crippen LogP contribution in [0.4, 0.5) is 5.69 Å². The topological polar surface area (TPSA) is 102 Å². The maximum absolute atomic E-state index is 11.5. The first kappa shape index (κ1) is 15.3. The molecule has 0 bridgehead atoms. The number of aromatic nitrogens is 4. The van der Waals surface area contributed by atoms with Gasteiger partial charge in [-0.2, -0.15) is 5.10 Å². The van der Waals surface area contributed by atoms with Gasteiger partial charge in [0.2, 0.25) is 5.88 Å². The van der Waals surface area contributed by atoms with E-state index in [0.29, 0.717) is 17.3 Å². The fourth-order valence-corrected chi connectivity index (χ4v) is 2.64. The Morgan fingerprint density at radius 3 is 3.00 bits per heavy atom. The van der Waals surface area contributed by atoms with Crippen molar-refractivity contribution in [3.63, 3.8) is 0 Å². The number of carbonyl (C=O) groups excluding carboxylic acids is 1. The molecule has 0 fully saturated rings. The number of aliphatic hydroxyl groups excluding tert-OH is 1. The summed E-state index contributed by atoms with van der Waals surface area (Å²) in [6.45, 7) is 0. The molecule has 0 aliphatic carbocycles. The highest BCUT2D eigenvalue weighted by atomic mass is 16.5. The molecule has 2 N–H and O–H groups in total. The molecule has 8 nitrogen and oxygen atoms in total. The van der Waals surface area contributed by atoms with E-state index in [4.69, 9.17) is 4.74 Å². The molecule has 1 aliphatic rings. The summed E-state index contributed by atoms with van der Waals surface area (Å²) in [5.74, 6) is 0.547. The summed E-state index contributed by atoms with van der Waals surface area (Å²) in [7, 11) is 1.84. The molecule has 0 aromatic carbocycles. The standard InChI is InChI=1S/C17H15N5O3/c1-22-9-11(7-20-22)13-6-12(2-3-18-13)25-16-5-10-4-15(23)17(24)21-14(10)8-19-16/h2-3,5-9,15,23H,4H2,1H3,(H,21,24). The second-order valence-corrected chi connectivity index (χ2v) is 5.77. The van der Waals surface area contributed by atoms with Crippen molar-refractivity contribution in [2.24, 2.45) is 7.05 Å². The minimum Gasteiger partial charge on any atom is -0.439 e. The zero-order valence-electron chi connectivity index (χ0n) is 13.4. The molecule has 0 radical (unpaired) electrons. The van der Waals surface area contributed by atoms with Crippen molar-refractivity contribution in [2.45, 2.75) is 12.5 Å². The molecule has 8 heteroatoms. The number of aryl methyl sites for hydroxylation is 1. The third-order valence-electron chi connectivity index (χ3n) is 3.89. The van der Waals surface area contributed by atoms with Gasteiger partial charge in [-0.25, -0.2) is 4.98 Å². The number of anilines is 1. The first-order valence-corrected chi connectivity index (χ1v) is 7.69. The second kappa shape index (κ2) is 5.99. The van der Waals surface area contributed by atoms with E-state index in [1.165, 1.54) is 6.20 Å². The van der Waals surface area contributed by atoms with E-state index in [1.807, 2.05) is 13.2 Å². The molecule has 0 saturated carbocycles. The minimum atomic E-state index is -1.05. The third-order valence-corrected chi connectivity index (χ3v) is 3.89. The Hall–Kier alpha value is -3.26. The Morgan fingerprint density at radius 2 is 2.20 bits per heavy atom. The number of pyridine rings is 2. The van der Waals surface area contributed by atoms with Gasteiger partial charge >= 0.3 is 0 Å². The zero-order valence-corrected chi connectivity index (χ0v) is 13.4. The summed E-state index contributed by atoms with van der Waals surface area (Å²) in [6.07, 6.45) is 5.95. The average Bonchev–Trinajstić information content (AvgIpc) is 3.03. The minimum absolute atomic E-state index is 0.233. The SMILES string of the molecule is Cn1cc(-c2cc(Oc3cc4c(cn3)NC(=O)C(O)C4)ccn2)cn1. The zero-order chi connectivity index (χ0) is 17.4. The van der Waals surface area contributed by atoms with Crippen LogP contribution in [0.5, 0.6) is 11.6 Å². The van der Waals surface area contributed by atoms with Gasteiger partial charge in [0.15, 0.2) is 0 Å². The monoisotopic (exact) mass is 337 g/mol. The molecule has 126 valence electrons. The van der Waals surface area contributed by atoms with Gasteiger partial charge in [0, 0.05) is 43.6 Å². The molecule has 25 heavy (non-hydrogen) atoms. The van der Waals surface area contributed by atoms with Gasteiger partial charge in [-0.15, -0.1) is 0 Å². The Balaban J connectivity index is 1.59. The number of carbonyl (C=O) groups is 1. The van der Waals surface area contributed by atoms with E-state index < -0.39 is 12.0 Å². The number of fused-ring (bicyclic) bond motifs is 1. The predicted molar refractivity (Wildman–Crippen MR) is 89.1 cm³/mol. The smallest absolute Gasteiger partial charge is 0.253 e. The van der Waals surface area contributed by atoms with Crippen LogP contribution >= 0.6 is 0 Å². The molecule has 3 aromatic rings. The Bertz CT molecular complexity index is 953. The highest BCUT2D eigenvalue weighted by molar-refractivity contribution is 5.97. The van der Waals surface area contributed by atoms with E-state index >= 15 is 0 Å². The van der Waals surface area contributed by atoms with E-state index in [9.17, 15) is 9.90 Å². The van der Waals surface area contributed by atoms with Crippen LogP contribution in [-0.2, 0) is 18.3 Å². The summed E-state index contributed by atoms with van der Waals surface area (Å²) in [5.41, 5.74) is 3.00. The Labute approximate surface area is 143 Å². The Kier molecular flexibility index (Phi) is 3.66. The van der Waals surface area contributed by atoms with Crippen molar-refractivity contribution in [1.82, 2.24) is 19.7 Å². The molecule has 1 unspecified atom stereocenters. The van der Waals surface area contributed by atoms with Crippen LogP contribution in [0.3, 0.4) is 0 Å². The molecule has 3 aromatic heterocycles. The number of rotatable bonds is 3. The molecule has 4 rings (SSSR count). The average molecular weight is 337 g/mol. The summed E-state index contributed by atoms with van der Waals surface area (Å²) >= 11 is 0. The number of aliphatic hydroxyl groups is 1. The van der Waals surface area contributed by atoms with E-state index in [-0.39, 0.29) is 6.42 Å². The van der Waals surface area contributed by atoms with Crippen LogP contribution in [0.1, 0.15) is 5.56 Å². The lowest BCUT2D eigenvalue weighted by Crippen LogP contribution is -2.34. The Morgan fingerprint density at radius 1 is 1.32 bits per heavy atom. The van der Waals surface area contributed by atoms with Gasteiger partial charge in [-0.05, 0) is 11.6 Å². The highest BCUT2D eigenvalue weighted by Crippen LogP contribution is 2.28. The lowest BCUT2D eigenvalue weighted by Gasteiger charge is -2.20. The maximum Gasteiger partial charge on any atom is 0.253 e. The molecular formula is C17H15N5O3. The fourth-order valence-electron chi connectivity index (χ4n) is 2.64. The van der Waals surface area contributed by atoms with Gasteiger partial charge in [-0.1, -0.05) is 0 Å². The lowest BCUT2D eigenvalue weighted by molar-refractivity contribution is -0.124. The van der Waals surface area contributed by atoms with Crippen LogP contribution in [0.25, 0.3) is 11.3 Å². The largest absolute Gasteiger partial charge is 0.439 e. The predicted octanol–water partition coefficient (Wildman–Crippen LogP) is 1.52. The van der Waals surface area contributed by atoms with Crippen molar-refractivity contribution in [2.75, 3.05) is 5.32 Å². The highest BCUT2D eigenvalue weighted by Gasteiger charge is 2.24. The van der Waals surface area contributed by atoms with Crippen molar-refractivity contribution < 1.29 is 14.6 Å². The third kappa shape index (κ3) is 3.07. The van der Waals surface area contributed by atoms with Crippen LogP contribution in [0.2, 0.25) is 0 Å². The maximum atomic E-state index is 11.5. The summed E-state index contributed by atoms with van der Waals surface area (Å²) < 4.78 is 7.51. The van der Waals surface area contributed by atoms with Gasteiger partial charge in [0.05, 0.1) is 23.8 Å². The van der Waals surface area contributed by atoms with E-state index in [1.54, 1.807) is 35.3 Å². The fraction of sp³-hybridized carbons (Fsp3) is 0.176. The van der Waals surface area contributed by atoms with Crippen LogP contribution in [0.15, 0.2) is 43.0 Å². The van der Waals surface area contributed by atoms with Crippen LogP contribution in [-0.4, -0.2) is 36.9 Å². The van der Waals surface area contributed by atoms with Gasteiger partial charge in [0.1, 0.15) is 11.9 Å². The van der Waals surface area contributed by atoms with Gasteiger partial charge in [0.25, 0.3) is 5.91 Å². The number of amides is 1. The van der Waals surface area contributed by atoms with Crippen molar-refractivity contribution in [1.29, 1.82) is 0 Å². The first-order valence-electron chi connectivity index (χ1n) is 7.69. The number of nitrogens with zero attached hydrogens (tertiary/aromatic N) is 4. The molecule has 0 spiro atoms. The van der Waals surface area contributed by atoms with Crippen LogP contribution in [0, 0.1) is 0 Å². The molecular weight excluding hydrogens is 322 g/mol. The van der Waals surface area contributed by atoms with Crippen molar-refractivity contribution in [3.8, 4) is 22.9 Å². The number of nitrogens with one attached hydrogen (secondary N) is 1. The second-order valence-electron chi connectivity index (χ2n) is 5.77. The van der Waals surface area contributed by atoms with Crippen molar-refractivity contribution in [3.05, 3.63) is 48.5 Å². The lowest BCUT2D eigenvalue weighted by atomic mass is 10.0. The van der Waals surface area contributed by atoms with E-state index in [2.05, 4.69) is 20.4 Å². The molecule has 1 atom stereocenters. The molecule has 4 heterocycles. The first-order chi connectivity index (χ1) is 12.1. The number of hydrogen-bond donors (Lipinski definition) is 2. The normalized spacial score (nSPS) is 16.2.